The highest BCUT2D eigenvalue weighted by molar-refractivity contribution is 7.92. The molecule has 0 spiro atoms. The highest BCUT2D eigenvalue weighted by atomic mass is 35.5. The molecule has 3 aromatic carbocycles. The Morgan fingerprint density at radius 3 is 2.22 bits per heavy atom. The minimum atomic E-state index is -4.10. The summed E-state index contributed by atoms with van der Waals surface area (Å²) >= 11 is 6.17. The Morgan fingerprint density at radius 2 is 1.59 bits per heavy atom. The van der Waals surface area contributed by atoms with Crippen LogP contribution in [0.15, 0.2) is 89.8 Å². The summed E-state index contributed by atoms with van der Waals surface area (Å²) in [4.78, 5) is 28.1. The fourth-order valence-electron chi connectivity index (χ4n) is 3.85. The molecule has 1 unspecified atom stereocenters. The number of nitrogens with one attached hydrogen (secondary N) is 1. The lowest BCUT2D eigenvalue weighted by atomic mass is 10.1. The van der Waals surface area contributed by atoms with Gasteiger partial charge in [0.15, 0.2) is 0 Å². The van der Waals surface area contributed by atoms with E-state index in [1.807, 2.05) is 37.3 Å². The molecule has 7 nitrogen and oxygen atoms in total. The molecular weight excluding hydrogens is 510 g/mol. The van der Waals surface area contributed by atoms with Gasteiger partial charge in [-0.25, -0.2) is 8.42 Å². The fourth-order valence-corrected chi connectivity index (χ4v) is 5.46. The zero-order chi connectivity index (χ0) is 26.8. The van der Waals surface area contributed by atoms with Crippen LogP contribution < -0.4 is 9.62 Å². The van der Waals surface area contributed by atoms with E-state index in [9.17, 15) is 18.0 Å². The van der Waals surface area contributed by atoms with E-state index in [1.54, 1.807) is 43.3 Å². The minimum absolute atomic E-state index is 0.0485. The van der Waals surface area contributed by atoms with Crippen LogP contribution in [0.3, 0.4) is 0 Å². The molecule has 0 radical (unpaired) electrons. The van der Waals surface area contributed by atoms with Gasteiger partial charge in [0.25, 0.3) is 10.0 Å². The summed E-state index contributed by atoms with van der Waals surface area (Å²) in [6.45, 7) is 3.85. The number of halogens is 1. The Balaban J connectivity index is 1.95. The molecule has 0 bridgehead atoms. The van der Waals surface area contributed by atoms with Crippen molar-refractivity contribution in [1.82, 2.24) is 10.2 Å². The first-order chi connectivity index (χ1) is 17.7. The van der Waals surface area contributed by atoms with Gasteiger partial charge in [-0.1, -0.05) is 73.1 Å². The first-order valence-corrected chi connectivity index (χ1v) is 14.0. The van der Waals surface area contributed by atoms with Crippen molar-refractivity contribution in [2.75, 3.05) is 23.9 Å². The molecule has 0 heterocycles. The maximum absolute atomic E-state index is 13.7. The van der Waals surface area contributed by atoms with Crippen molar-refractivity contribution in [1.29, 1.82) is 0 Å². The first kappa shape index (κ1) is 28.2. The van der Waals surface area contributed by atoms with Crippen LogP contribution in [0.5, 0.6) is 0 Å². The molecule has 1 N–H and O–H groups in total. The van der Waals surface area contributed by atoms with Crippen LogP contribution in [0.4, 0.5) is 5.69 Å². The predicted octanol–water partition coefficient (Wildman–Crippen LogP) is 4.52. The monoisotopic (exact) mass is 541 g/mol. The van der Waals surface area contributed by atoms with E-state index in [1.165, 1.54) is 23.1 Å². The summed E-state index contributed by atoms with van der Waals surface area (Å²) in [7, 11) is -4.10. The van der Waals surface area contributed by atoms with Gasteiger partial charge in [-0.05, 0) is 55.7 Å². The third-order valence-electron chi connectivity index (χ3n) is 5.91. The zero-order valence-corrected chi connectivity index (χ0v) is 22.6. The lowest BCUT2D eigenvalue weighted by Crippen LogP contribution is -2.52. The third-order valence-corrected chi connectivity index (χ3v) is 7.93. The van der Waals surface area contributed by atoms with Crippen molar-refractivity contribution >= 4 is 39.1 Å². The quantitative estimate of drug-likeness (QED) is 0.365. The standard InChI is InChI=1S/C28H32ClN3O4S/c1-3-18-30-28(34)22(2)31(19-17-23-11-6-4-7-12-23)27(33)21-32(25-14-10-13-24(29)20-25)37(35,36)26-15-8-5-9-16-26/h4-16,20,22H,3,17-19,21H2,1-2H3,(H,30,34). The van der Waals surface area contributed by atoms with Crippen molar-refractivity contribution < 1.29 is 18.0 Å². The summed E-state index contributed by atoms with van der Waals surface area (Å²) in [6, 6.07) is 23.1. The molecule has 3 aromatic rings. The van der Waals surface area contributed by atoms with Crippen molar-refractivity contribution in [3.8, 4) is 0 Å². The van der Waals surface area contributed by atoms with E-state index in [-0.39, 0.29) is 23.0 Å². The van der Waals surface area contributed by atoms with Gasteiger partial charge in [-0.2, -0.15) is 0 Å². The summed E-state index contributed by atoms with van der Waals surface area (Å²) < 4.78 is 28.4. The molecule has 9 heteroatoms. The third kappa shape index (κ3) is 7.57. The summed E-state index contributed by atoms with van der Waals surface area (Å²) in [5.41, 5.74) is 1.26. The van der Waals surface area contributed by atoms with E-state index in [2.05, 4.69) is 5.32 Å². The average molecular weight is 542 g/mol. The fraction of sp³-hybridized carbons (Fsp3) is 0.286. The largest absolute Gasteiger partial charge is 0.354 e. The Morgan fingerprint density at radius 1 is 0.946 bits per heavy atom. The number of nitrogens with zero attached hydrogens (tertiary/aromatic N) is 2. The number of hydrogen-bond acceptors (Lipinski definition) is 4. The molecule has 0 fully saturated rings. The second-order valence-electron chi connectivity index (χ2n) is 8.59. The van der Waals surface area contributed by atoms with Gasteiger partial charge in [0.2, 0.25) is 11.8 Å². The minimum Gasteiger partial charge on any atom is -0.354 e. The molecule has 0 aliphatic heterocycles. The number of carbonyl (C=O) groups is 2. The number of benzene rings is 3. The molecule has 196 valence electrons. The molecule has 0 saturated carbocycles. The molecule has 0 saturated heterocycles. The van der Waals surface area contributed by atoms with Crippen LogP contribution in [0.1, 0.15) is 25.8 Å². The maximum atomic E-state index is 13.7. The number of sulfonamides is 1. The normalized spacial score (nSPS) is 12.0. The Kier molecular flexibility index (Phi) is 10.1. The first-order valence-electron chi connectivity index (χ1n) is 12.2. The van der Waals surface area contributed by atoms with Crippen LogP contribution in [0.2, 0.25) is 5.02 Å². The second-order valence-corrected chi connectivity index (χ2v) is 10.9. The molecule has 1 atom stereocenters. The van der Waals surface area contributed by atoms with Crippen LogP contribution in [-0.4, -0.2) is 50.8 Å². The Labute approximate surface area is 224 Å². The van der Waals surface area contributed by atoms with Crippen molar-refractivity contribution in [2.24, 2.45) is 0 Å². The Bertz CT molecular complexity index is 1290. The van der Waals surface area contributed by atoms with Crippen LogP contribution in [-0.2, 0) is 26.0 Å². The molecule has 2 amide bonds. The lowest BCUT2D eigenvalue weighted by Gasteiger charge is -2.32. The van der Waals surface area contributed by atoms with Crippen LogP contribution in [0.25, 0.3) is 0 Å². The SMILES string of the molecule is CCCNC(=O)C(C)N(CCc1ccccc1)C(=O)CN(c1cccc(Cl)c1)S(=O)(=O)c1ccccc1. The van der Waals surface area contributed by atoms with Crippen molar-refractivity contribution in [3.63, 3.8) is 0 Å². The van der Waals surface area contributed by atoms with E-state index in [4.69, 9.17) is 11.6 Å². The summed E-state index contributed by atoms with van der Waals surface area (Å²) in [5, 5.41) is 3.17. The van der Waals surface area contributed by atoms with Crippen LogP contribution >= 0.6 is 11.6 Å². The van der Waals surface area contributed by atoms with Gasteiger partial charge in [-0.3, -0.25) is 13.9 Å². The number of hydrogen-bond donors (Lipinski definition) is 1. The summed E-state index contributed by atoms with van der Waals surface area (Å²) in [5.74, 6) is -0.780. The number of carbonyl (C=O) groups excluding carboxylic acids is 2. The highest BCUT2D eigenvalue weighted by Gasteiger charge is 2.32. The van der Waals surface area contributed by atoms with Gasteiger partial charge in [0, 0.05) is 18.1 Å². The Hall–Kier alpha value is -3.36. The van der Waals surface area contributed by atoms with E-state index in [0.717, 1.165) is 16.3 Å². The number of anilines is 1. The van der Waals surface area contributed by atoms with Gasteiger partial charge in [0.05, 0.1) is 10.6 Å². The smallest absolute Gasteiger partial charge is 0.264 e. The van der Waals surface area contributed by atoms with Crippen LogP contribution in [0, 0.1) is 0 Å². The number of rotatable bonds is 12. The molecule has 37 heavy (non-hydrogen) atoms. The van der Waals surface area contributed by atoms with E-state index in [0.29, 0.717) is 18.0 Å². The molecular formula is C28H32ClN3O4S. The highest BCUT2D eigenvalue weighted by Crippen LogP contribution is 2.26. The van der Waals surface area contributed by atoms with Gasteiger partial charge in [0.1, 0.15) is 12.6 Å². The predicted molar refractivity (Wildman–Crippen MR) is 147 cm³/mol. The lowest BCUT2D eigenvalue weighted by molar-refractivity contribution is -0.138. The molecule has 0 aromatic heterocycles. The van der Waals surface area contributed by atoms with Gasteiger partial charge >= 0.3 is 0 Å². The topological polar surface area (TPSA) is 86.8 Å². The van der Waals surface area contributed by atoms with Gasteiger partial charge < -0.3 is 10.2 Å². The van der Waals surface area contributed by atoms with Crippen molar-refractivity contribution in [2.45, 2.75) is 37.6 Å². The summed E-state index contributed by atoms with van der Waals surface area (Å²) in [6.07, 6.45) is 1.27. The second kappa shape index (κ2) is 13.3. The average Bonchev–Trinajstić information content (AvgIpc) is 2.91. The molecule has 0 aliphatic carbocycles. The zero-order valence-electron chi connectivity index (χ0n) is 21.0. The maximum Gasteiger partial charge on any atom is 0.264 e. The number of amides is 2. The molecule has 0 aliphatic rings. The van der Waals surface area contributed by atoms with E-state index < -0.39 is 28.5 Å². The van der Waals surface area contributed by atoms with Gasteiger partial charge in [-0.15, -0.1) is 0 Å². The molecule has 3 rings (SSSR count). The van der Waals surface area contributed by atoms with E-state index >= 15 is 0 Å². The van der Waals surface area contributed by atoms with Crippen molar-refractivity contribution in [3.05, 3.63) is 95.5 Å².